The summed E-state index contributed by atoms with van der Waals surface area (Å²) in [5.74, 6) is -1.88. The largest absolute Gasteiger partial charge is 0.357 e. The van der Waals surface area contributed by atoms with E-state index in [0.717, 1.165) is 12.1 Å². The lowest BCUT2D eigenvalue weighted by molar-refractivity contribution is 0.0990. The van der Waals surface area contributed by atoms with Crippen LogP contribution in [0.1, 0.15) is 22.5 Å². The van der Waals surface area contributed by atoms with E-state index in [0.29, 0.717) is 12.0 Å². The lowest BCUT2D eigenvalue weighted by atomic mass is 10.3. The standard InChI is InChI=1S/C13H9BrF2N2O3S/c14-7-3-9(16)10(4-8(7)15)18-22(20,21)12-5-17-13-6(12)1-2-11(13)19/h3-5,17-18H,1-2H2. The third-order valence-corrected chi connectivity index (χ3v) is 5.41. The number of sulfonamides is 1. The number of hydrogen-bond donors (Lipinski definition) is 2. The molecule has 1 aromatic heterocycles. The minimum Gasteiger partial charge on any atom is -0.357 e. The normalized spacial score (nSPS) is 14.2. The molecule has 2 aromatic rings. The van der Waals surface area contributed by atoms with Crippen molar-refractivity contribution in [3.8, 4) is 0 Å². The molecule has 0 saturated heterocycles. The molecule has 0 saturated carbocycles. The van der Waals surface area contributed by atoms with Gasteiger partial charge in [-0.3, -0.25) is 9.52 Å². The van der Waals surface area contributed by atoms with E-state index in [1.54, 1.807) is 0 Å². The summed E-state index contributed by atoms with van der Waals surface area (Å²) in [4.78, 5) is 14.0. The van der Waals surface area contributed by atoms with Gasteiger partial charge in [0, 0.05) is 24.2 Å². The Hall–Kier alpha value is -1.74. The predicted molar refractivity (Wildman–Crippen MR) is 78.3 cm³/mol. The Balaban J connectivity index is 2.00. The van der Waals surface area contributed by atoms with Crippen molar-refractivity contribution in [1.82, 2.24) is 4.98 Å². The first kappa shape index (κ1) is 15.2. The summed E-state index contributed by atoms with van der Waals surface area (Å²) in [6, 6.07) is 1.58. The lowest BCUT2D eigenvalue weighted by Crippen LogP contribution is -2.15. The van der Waals surface area contributed by atoms with Crippen LogP contribution in [-0.4, -0.2) is 19.2 Å². The van der Waals surface area contributed by atoms with Crippen molar-refractivity contribution < 1.29 is 22.0 Å². The third-order valence-electron chi connectivity index (χ3n) is 3.37. The SMILES string of the molecule is O=C1CCc2c(S(=O)(=O)Nc3cc(F)c(Br)cc3F)c[nH]c21. The summed E-state index contributed by atoms with van der Waals surface area (Å²) >= 11 is 2.81. The average molecular weight is 391 g/mol. The van der Waals surface area contributed by atoms with Crippen molar-refractivity contribution in [3.63, 3.8) is 0 Å². The molecule has 2 N–H and O–H groups in total. The second kappa shape index (κ2) is 5.17. The second-order valence-electron chi connectivity index (χ2n) is 4.78. The number of halogens is 3. The zero-order chi connectivity index (χ0) is 16.1. The van der Waals surface area contributed by atoms with Gasteiger partial charge in [-0.05, 0) is 28.4 Å². The molecule has 5 nitrogen and oxygen atoms in total. The topological polar surface area (TPSA) is 79.0 Å². The predicted octanol–water partition coefficient (Wildman–Crippen LogP) is 2.99. The van der Waals surface area contributed by atoms with E-state index in [9.17, 15) is 22.0 Å². The maximum Gasteiger partial charge on any atom is 0.263 e. The van der Waals surface area contributed by atoms with Crippen LogP contribution in [0, 0.1) is 11.6 Å². The number of hydrogen-bond acceptors (Lipinski definition) is 3. The monoisotopic (exact) mass is 390 g/mol. The highest BCUT2D eigenvalue weighted by molar-refractivity contribution is 9.10. The smallest absolute Gasteiger partial charge is 0.263 e. The minimum absolute atomic E-state index is 0.110. The number of benzene rings is 1. The van der Waals surface area contributed by atoms with E-state index in [-0.39, 0.29) is 27.3 Å². The third kappa shape index (κ3) is 2.44. The Kier molecular flexibility index (Phi) is 3.56. The van der Waals surface area contributed by atoms with E-state index in [1.165, 1.54) is 6.20 Å². The quantitative estimate of drug-likeness (QED) is 0.790. The van der Waals surface area contributed by atoms with Crippen molar-refractivity contribution in [3.05, 3.63) is 45.7 Å². The van der Waals surface area contributed by atoms with Crippen LogP contribution in [0.2, 0.25) is 0 Å². The van der Waals surface area contributed by atoms with E-state index in [4.69, 9.17) is 0 Å². The van der Waals surface area contributed by atoms with Crippen molar-refractivity contribution in [2.75, 3.05) is 4.72 Å². The van der Waals surface area contributed by atoms with E-state index >= 15 is 0 Å². The molecular formula is C13H9BrF2N2O3S. The van der Waals surface area contributed by atoms with Crippen LogP contribution in [-0.2, 0) is 16.4 Å². The molecule has 0 atom stereocenters. The molecule has 1 aliphatic carbocycles. The number of carbonyl (C=O) groups is 1. The summed E-state index contributed by atoms with van der Waals surface area (Å²) < 4.78 is 53.8. The molecule has 3 rings (SSSR count). The Morgan fingerprint density at radius 2 is 1.91 bits per heavy atom. The van der Waals surface area contributed by atoms with Gasteiger partial charge in [0.15, 0.2) is 5.78 Å². The Labute approximate surface area is 132 Å². The summed E-state index contributed by atoms with van der Waals surface area (Å²) in [6.07, 6.45) is 1.70. The van der Waals surface area contributed by atoms with Crippen LogP contribution in [0.15, 0.2) is 27.7 Å². The van der Waals surface area contributed by atoms with Gasteiger partial charge in [-0.2, -0.15) is 0 Å². The zero-order valence-corrected chi connectivity index (χ0v) is 13.3. The molecule has 1 heterocycles. The summed E-state index contributed by atoms with van der Waals surface area (Å²) in [7, 11) is -4.13. The van der Waals surface area contributed by atoms with Crippen LogP contribution < -0.4 is 4.72 Å². The Morgan fingerprint density at radius 1 is 1.18 bits per heavy atom. The van der Waals surface area contributed by atoms with Crippen LogP contribution >= 0.6 is 15.9 Å². The highest BCUT2D eigenvalue weighted by Crippen LogP contribution is 2.30. The van der Waals surface area contributed by atoms with Crippen LogP contribution in [0.3, 0.4) is 0 Å². The molecule has 116 valence electrons. The van der Waals surface area contributed by atoms with Crippen molar-refractivity contribution in [2.24, 2.45) is 0 Å². The maximum absolute atomic E-state index is 13.8. The number of nitrogens with one attached hydrogen (secondary N) is 2. The first-order valence-corrected chi connectivity index (χ1v) is 8.48. The molecule has 0 spiro atoms. The van der Waals surface area contributed by atoms with Gasteiger partial charge in [0.05, 0.1) is 15.9 Å². The summed E-state index contributed by atoms with van der Waals surface area (Å²) in [5, 5.41) is 0. The molecule has 0 unspecified atom stereocenters. The van der Waals surface area contributed by atoms with Gasteiger partial charge in [0.25, 0.3) is 10.0 Å². The fourth-order valence-corrected chi connectivity index (χ4v) is 3.95. The van der Waals surface area contributed by atoms with Gasteiger partial charge in [-0.15, -0.1) is 0 Å². The van der Waals surface area contributed by atoms with Gasteiger partial charge in [-0.25, -0.2) is 17.2 Å². The molecule has 9 heteroatoms. The number of H-pyrrole nitrogens is 1. The average Bonchev–Trinajstić information content (AvgIpc) is 2.99. The Bertz CT molecular complexity index is 893. The van der Waals surface area contributed by atoms with Crippen molar-refractivity contribution in [2.45, 2.75) is 17.7 Å². The number of ketones is 1. The number of rotatable bonds is 3. The molecule has 0 fully saturated rings. The first-order valence-electron chi connectivity index (χ1n) is 6.20. The van der Waals surface area contributed by atoms with E-state index in [1.807, 2.05) is 4.72 Å². The van der Waals surface area contributed by atoms with Crippen molar-refractivity contribution in [1.29, 1.82) is 0 Å². The minimum atomic E-state index is -4.13. The summed E-state index contributed by atoms with van der Waals surface area (Å²) in [6.45, 7) is 0. The second-order valence-corrected chi connectivity index (χ2v) is 7.29. The first-order chi connectivity index (χ1) is 10.3. The highest BCUT2D eigenvalue weighted by Gasteiger charge is 2.30. The number of Topliss-reactive ketones (excluding diaryl/α,β-unsaturated/α-hetero) is 1. The van der Waals surface area contributed by atoms with Gasteiger partial charge < -0.3 is 4.98 Å². The number of carbonyl (C=O) groups excluding carboxylic acids is 1. The fraction of sp³-hybridized carbons (Fsp3) is 0.154. The van der Waals surface area contributed by atoms with Crippen LogP contribution in [0.25, 0.3) is 0 Å². The van der Waals surface area contributed by atoms with E-state index < -0.39 is 27.3 Å². The number of aromatic nitrogens is 1. The molecule has 0 bridgehead atoms. The molecule has 0 aliphatic heterocycles. The molecule has 0 radical (unpaired) electrons. The molecule has 1 aromatic carbocycles. The number of fused-ring (bicyclic) bond motifs is 1. The highest BCUT2D eigenvalue weighted by atomic mass is 79.9. The molecule has 0 amide bonds. The fourth-order valence-electron chi connectivity index (χ4n) is 2.34. The number of aromatic amines is 1. The molecular weight excluding hydrogens is 382 g/mol. The van der Waals surface area contributed by atoms with Gasteiger partial charge in [0.1, 0.15) is 16.5 Å². The number of anilines is 1. The molecule has 22 heavy (non-hydrogen) atoms. The lowest BCUT2D eigenvalue weighted by Gasteiger charge is -2.09. The van der Waals surface area contributed by atoms with Gasteiger partial charge in [0.2, 0.25) is 0 Å². The Morgan fingerprint density at radius 3 is 2.64 bits per heavy atom. The van der Waals surface area contributed by atoms with Crippen LogP contribution in [0.5, 0.6) is 0 Å². The zero-order valence-electron chi connectivity index (χ0n) is 10.9. The van der Waals surface area contributed by atoms with E-state index in [2.05, 4.69) is 20.9 Å². The maximum atomic E-state index is 13.8. The van der Waals surface area contributed by atoms with Crippen molar-refractivity contribution >= 4 is 37.4 Å². The van der Waals surface area contributed by atoms with Crippen LogP contribution in [0.4, 0.5) is 14.5 Å². The van der Waals surface area contributed by atoms with Gasteiger partial charge in [-0.1, -0.05) is 0 Å². The molecule has 1 aliphatic rings. The summed E-state index contributed by atoms with van der Waals surface area (Å²) in [5.41, 5.74) is 0.123. The van der Waals surface area contributed by atoms with Gasteiger partial charge >= 0.3 is 0 Å².